The highest BCUT2D eigenvalue weighted by Crippen LogP contribution is 2.37. The fourth-order valence-electron chi connectivity index (χ4n) is 2.76. The number of carbonyl (C=O) groups is 1. The number of fused-ring (bicyclic) bond motifs is 3. The summed E-state index contributed by atoms with van der Waals surface area (Å²) in [7, 11) is 0. The SMILES string of the molecule is O=C(N=c1c(Cl)cn(O)cc1Cl)c1ccc(OC(F)F)c2oc3cnncc3c12. The zero-order chi connectivity index (χ0) is 20.7. The highest BCUT2D eigenvalue weighted by molar-refractivity contribution is 6.34. The van der Waals surface area contributed by atoms with E-state index < -0.39 is 12.5 Å². The number of alkyl halides is 2. The Balaban J connectivity index is 1.97. The molecule has 3 heterocycles. The molecule has 0 spiro atoms. The summed E-state index contributed by atoms with van der Waals surface area (Å²) in [5.41, 5.74) is 0.141. The molecule has 0 aliphatic rings. The number of pyridine rings is 1. The molecule has 0 saturated carbocycles. The van der Waals surface area contributed by atoms with Gasteiger partial charge in [-0.25, -0.2) is 4.99 Å². The molecule has 1 amide bonds. The molecule has 148 valence electrons. The first-order valence-corrected chi connectivity index (χ1v) is 8.57. The third kappa shape index (κ3) is 3.47. The average Bonchev–Trinajstić information content (AvgIpc) is 3.04. The van der Waals surface area contributed by atoms with Crippen LogP contribution in [0, 0.1) is 0 Å². The quantitative estimate of drug-likeness (QED) is 0.481. The van der Waals surface area contributed by atoms with Crippen LogP contribution in [0.15, 0.2) is 46.3 Å². The van der Waals surface area contributed by atoms with Crippen LogP contribution in [0.5, 0.6) is 5.75 Å². The second-order valence-corrected chi connectivity index (χ2v) is 6.48. The maximum Gasteiger partial charge on any atom is 0.387 e. The van der Waals surface area contributed by atoms with Crippen LogP contribution in [0.1, 0.15) is 10.4 Å². The highest BCUT2D eigenvalue weighted by Gasteiger charge is 2.22. The first-order chi connectivity index (χ1) is 13.8. The van der Waals surface area contributed by atoms with Gasteiger partial charge in [0.15, 0.2) is 16.9 Å². The predicted molar refractivity (Wildman–Crippen MR) is 97.5 cm³/mol. The third-order valence-corrected chi connectivity index (χ3v) is 4.45. The van der Waals surface area contributed by atoms with E-state index in [1.165, 1.54) is 18.5 Å². The average molecular weight is 441 g/mol. The summed E-state index contributed by atoms with van der Waals surface area (Å²) in [5.74, 6) is -1.04. The van der Waals surface area contributed by atoms with Gasteiger partial charge in [0.1, 0.15) is 5.36 Å². The molecule has 29 heavy (non-hydrogen) atoms. The van der Waals surface area contributed by atoms with Crippen molar-refractivity contribution in [3.05, 3.63) is 57.9 Å². The van der Waals surface area contributed by atoms with Gasteiger partial charge in [-0.15, -0.1) is 0 Å². The largest absolute Gasteiger partial charge is 0.450 e. The van der Waals surface area contributed by atoms with Gasteiger partial charge in [-0.05, 0) is 12.1 Å². The lowest BCUT2D eigenvalue weighted by Crippen LogP contribution is -2.12. The fraction of sp³-hybridized carbons (Fsp3) is 0.0588. The lowest BCUT2D eigenvalue weighted by Gasteiger charge is -2.07. The van der Waals surface area contributed by atoms with Gasteiger partial charge in [-0.1, -0.05) is 23.2 Å². The molecule has 1 aromatic carbocycles. The maximum atomic E-state index is 12.9. The Labute approximate surface area is 169 Å². The van der Waals surface area contributed by atoms with E-state index in [2.05, 4.69) is 19.9 Å². The van der Waals surface area contributed by atoms with Crippen molar-refractivity contribution < 1.29 is 27.9 Å². The van der Waals surface area contributed by atoms with Crippen molar-refractivity contribution in [1.29, 1.82) is 0 Å². The van der Waals surface area contributed by atoms with Crippen molar-refractivity contribution >= 4 is 51.0 Å². The Bertz CT molecular complexity index is 1310. The number of hydrogen-bond acceptors (Lipinski definition) is 6. The molecule has 4 aromatic rings. The molecule has 3 aromatic heterocycles. The van der Waals surface area contributed by atoms with Crippen LogP contribution in [0.25, 0.3) is 21.9 Å². The van der Waals surface area contributed by atoms with Crippen LogP contribution >= 0.6 is 23.2 Å². The van der Waals surface area contributed by atoms with Gasteiger partial charge in [0, 0.05) is 5.39 Å². The predicted octanol–water partition coefficient (Wildman–Crippen LogP) is 4.06. The summed E-state index contributed by atoms with van der Waals surface area (Å²) >= 11 is 12.0. The highest BCUT2D eigenvalue weighted by atomic mass is 35.5. The second-order valence-electron chi connectivity index (χ2n) is 5.66. The van der Waals surface area contributed by atoms with Crippen LogP contribution in [-0.4, -0.2) is 32.7 Å². The molecule has 12 heteroatoms. The Morgan fingerprint density at radius 1 is 1.21 bits per heavy atom. The minimum absolute atomic E-state index is 0.0150. The molecule has 0 aliphatic carbocycles. The van der Waals surface area contributed by atoms with Gasteiger partial charge < -0.3 is 14.4 Å². The number of amides is 1. The maximum absolute atomic E-state index is 12.9. The number of rotatable bonds is 3. The molecule has 0 unspecified atom stereocenters. The summed E-state index contributed by atoms with van der Waals surface area (Å²) < 4.78 is 36.1. The van der Waals surface area contributed by atoms with E-state index in [0.717, 1.165) is 18.5 Å². The molecule has 0 aliphatic heterocycles. The Kier molecular flexibility index (Phi) is 4.81. The van der Waals surface area contributed by atoms with Gasteiger partial charge in [0.2, 0.25) is 0 Å². The molecule has 0 bridgehead atoms. The minimum Gasteiger partial charge on any atom is -0.450 e. The van der Waals surface area contributed by atoms with Crippen molar-refractivity contribution in [3.63, 3.8) is 0 Å². The van der Waals surface area contributed by atoms with Crippen molar-refractivity contribution in [2.24, 2.45) is 4.99 Å². The molecule has 0 saturated heterocycles. The van der Waals surface area contributed by atoms with Gasteiger partial charge in [-0.2, -0.15) is 23.7 Å². The normalized spacial score (nSPS) is 11.3. The van der Waals surface area contributed by atoms with Gasteiger partial charge in [0.25, 0.3) is 5.91 Å². The molecular weight excluding hydrogens is 433 g/mol. The number of benzene rings is 1. The van der Waals surface area contributed by atoms with Crippen molar-refractivity contribution in [2.45, 2.75) is 6.61 Å². The van der Waals surface area contributed by atoms with Crippen molar-refractivity contribution in [3.8, 4) is 5.75 Å². The lowest BCUT2D eigenvalue weighted by atomic mass is 10.1. The first kappa shape index (κ1) is 19.1. The molecular formula is C17H8Cl2F2N4O4. The van der Waals surface area contributed by atoms with Gasteiger partial charge in [-0.3, -0.25) is 4.79 Å². The van der Waals surface area contributed by atoms with Crippen molar-refractivity contribution in [1.82, 2.24) is 14.9 Å². The number of aromatic nitrogens is 3. The molecule has 1 N–H and O–H groups in total. The number of carbonyl (C=O) groups excluding carboxylic acids is 1. The monoisotopic (exact) mass is 440 g/mol. The smallest absolute Gasteiger partial charge is 0.387 e. The number of hydrogen-bond donors (Lipinski definition) is 1. The fourth-order valence-corrected chi connectivity index (χ4v) is 3.30. The molecule has 4 rings (SSSR count). The molecule has 0 atom stereocenters. The second kappa shape index (κ2) is 7.30. The summed E-state index contributed by atoms with van der Waals surface area (Å²) in [6.45, 7) is -3.10. The van der Waals surface area contributed by atoms with Crippen molar-refractivity contribution in [2.75, 3.05) is 0 Å². The standard InChI is InChI=1S/C17H8Cl2F2N4O4/c18-9-5-25(27)6-10(19)14(9)24-16(26)7-1-2-11(29-17(20)21)15-13(7)8-3-22-23-4-12(8)28-15/h1-6,17,27H. The van der Waals surface area contributed by atoms with E-state index in [4.69, 9.17) is 27.6 Å². The summed E-state index contributed by atoms with van der Waals surface area (Å²) in [6, 6.07) is 2.43. The number of furan rings is 1. The van der Waals surface area contributed by atoms with Crippen LogP contribution in [0.2, 0.25) is 10.0 Å². The van der Waals surface area contributed by atoms with E-state index in [1.54, 1.807) is 0 Å². The van der Waals surface area contributed by atoms with E-state index in [9.17, 15) is 18.8 Å². The Morgan fingerprint density at radius 3 is 2.59 bits per heavy atom. The molecule has 0 radical (unpaired) electrons. The van der Waals surface area contributed by atoms with Crippen LogP contribution < -0.4 is 10.1 Å². The number of halogens is 4. The zero-order valence-electron chi connectivity index (χ0n) is 14.0. The molecule has 8 nitrogen and oxygen atoms in total. The Hall–Kier alpha value is -3.24. The van der Waals surface area contributed by atoms with Gasteiger partial charge >= 0.3 is 6.61 Å². The Morgan fingerprint density at radius 2 is 1.90 bits per heavy atom. The topological polar surface area (TPSA) is 103 Å². The van der Waals surface area contributed by atoms with Gasteiger partial charge in [0.05, 0.1) is 45.8 Å². The summed E-state index contributed by atoms with van der Waals surface area (Å²) in [6.07, 6.45) is 4.79. The number of nitrogens with zero attached hydrogens (tertiary/aromatic N) is 4. The lowest BCUT2D eigenvalue weighted by molar-refractivity contribution is -0.0493. The minimum atomic E-state index is -3.10. The summed E-state index contributed by atoms with van der Waals surface area (Å²) in [5, 5.41) is 17.1. The van der Waals surface area contributed by atoms with Crippen LogP contribution in [0.4, 0.5) is 8.78 Å². The van der Waals surface area contributed by atoms with E-state index in [-0.39, 0.29) is 43.3 Å². The van der Waals surface area contributed by atoms with E-state index in [1.807, 2.05) is 0 Å². The zero-order valence-corrected chi connectivity index (χ0v) is 15.5. The van der Waals surface area contributed by atoms with E-state index >= 15 is 0 Å². The summed E-state index contributed by atoms with van der Waals surface area (Å²) in [4.78, 5) is 16.8. The molecule has 0 fully saturated rings. The van der Waals surface area contributed by atoms with E-state index in [0.29, 0.717) is 10.1 Å². The number of ether oxygens (including phenoxy) is 1. The third-order valence-electron chi connectivity index (χ3n) is 3.90. The van der Waals surface area contributed by atoms with Crippen LogP contribution in [0.3, 0.4) is 0 Å². The first-order valence-electron chi connectivity index (χ1n) is 7.81. The van der Waals surface area contributed by atoms with Crippen LogP contribution in [-0.2, 0) is 0 Å².